The second-order valence-electron chi connectivity index (χ2n) is 13.0. The van der Waals surface area contributed by atoms with Gasteiger partial charge in [-0.15, -0.1) is 5.39 Å². The summed E-state index contributed by atoms with van der Waals surface area (Å²) in [4.78, 5) is 0. The van der Waals surface area contributed by atoms with E-state index >= 15 is 0 Å². The van der Waals surface area contributed by atoms with Gasteiger partial charge < -0.3 is 0 Å². The number of rotatable bonds is 7. The molecular weight excluding hydrogens is 508 g/mol. The lowest BCUT2D eigenvalue weighted by Gasteiger charge is -2.23. The van der Waals surface area contributed by atoms with Gasteiger partial charge in [0, 0.05) is 16.7 Å². The molecule has 0 atom stereocenters. The number of hydrogen-bond donors (Lipinski definition) is 0. The lowest BCUT2D eigenvalue weighted by molar-refractivity contribution is -0.556. The Hall–Kier alpha value is -4.04. The summed E-state index contributed by atoms with van der Waals surface area (Å²) < 4.78 is 5.23. The van der Waals surface area contributed by atoms with Gasteiger partial charge in [0.15, 0.2) is 0 Å². The van der Waals surface area contributed by atoms with Gasteiger partial charge in [-0.05, 0) is 34.8 Å². The lowest BCUT2D eigenvalue weighted by Crippen LogP contribution is -2.36. The van der Waals surface area contributed by atoms with E-state index in [1.807, 2.05) is 0 Å². The summed E-state index contributed by atoms with van der Waals surface area (Å²) in [5.41, 5.74) is 12.0. The van der Waals surface area contributed by atoms with Crippen molar-refractivity contribution >= 4 is 21.8 Å². The summed E-state index contributed by atoms with van der Waals surface area (Å²) in [5.74, 6) is 2.74. The van der Waals surface area contributed by atoms with Crippen LogP contribution in [0, 0.1) is 0 Å². The van der Waals surface area contributed by atoms with Gasteiger partial charge in [-0.3, -0.25) is 4.57 Å². The molecule has 5 aromatic carbocycles. The molecule has 0 aliphatic rings. The van der Waals surface area contributed by atoms with Gasteiger partial charge in [0.05, 0.1) is 11.2 Å². The van der Waals surface area contributed by atoms with Gasteiger partial charge in [-0.2, -0.15) is 0 Å². The predicted molar refractivity (Wildman–Crippen MR) is 180 cm³/mol. The van der Waals surface area contributed by atoms with E-state index in [4.69, 9.17) is 0 Å². The van der Waals surface area contributed by atoms with Crippen molar-refractivity contribution in [2.45, 2.75) is 79.1 Å². The standard InChI is InChI=1S/C40H44N2/c1-25(2)31-20-14-21-32(26(3)4)37(31)41-36-24-30-18-12-13-19-35(30)39(36)42(40(41)29-16-10-9-11-17-29)38-33(27(5)6)22-15-23-34(38)28(7)8/h9-28H,1-8H3. The summed E-state index contributed by atoms with van der Waals surface area (Å²) in [7, 11) is 0. The normalized spacial score (nSPS) is 12.2. The molecular formula is C40H44N2. The molecule has 1 aromatic heterocycles. The van der Waals surface area contributed by atoms with Gasteiger partial charge in [-0.25, -0.2) is 4.57 Å². The molecule has 0 spiro atoms. The molecule has 0 radical (unpaired) electrons. The fourth-order valence-electron chi connectivity index (χ4n) is 6.75. The fraction of sp³-hybridized carbons (Fsp3) is 0.300. The number of para-hydroxylation sites is 2. The number of aromatic nitrogens is 2. The Morgan fingerprint density at radius 3 is 1.60 bits per heavy atom. The summed E-state index contributed by atoms with van der Waals surface area (Å²) in [6.45, 7) is 18.6. The maximum absolute atomic E-state index is 2.62. The topological polar surface area (TPSA) is 8.81 Å². The second-order valence-corrected chi connectivity index (χ2v) is 13.0. The van der Waals surface area contributed by atoms with Crippen LogP contribution in [0.4, 0.5) is 0 Å². The second kappa shape index (κ2) is 11.0. The average Bonchev–Trinajstić information content (AvgIpc) is 3.51. The molecule has 2 heteroatoms. The molecule has 0 amide bonds. The Kier molecular flexibility index (Phi) is 7.35. The van der Waals surface area contributed by atoms with E-state index < -0.39 is 0 Å². The third-order valence-corrected chi connectivity index (χ3v) is 8.80. The van der Waals surface area contributed by atoms with Crippen molar-refractivity contribution in [3.05, 3.63) is 119 Å². The van der Waals surface area contributed by atoms with Crippen molar-refractivity contribution in [2.24, 2.45) is 0 Å². The molecule has 0 aliphatic heterocycles. The Morgan fingerprint density at radius 1 is 0.548 bits per heavy atom. The quantitative estimate of drug-likeness (QED) is 0.138. The molecule has 0 saturated heterocycles. The van der Waals surface area contributed by atoms with Crippen molar-refractivity contribution < 1.29 is 4.57 Å². The zero-order valence-electron chi connectivity index (χ0n) is 26.4. The summed E-state index contributed by atoms with van der Waals surface area (Å²) in [5, 5.41) is 2.58. The van der Waals surface area contributed by atoms with Gasteiger partial charge in [-0.1, -0.05) is 158 Å². The van der Waals surface area contributed by atoms with Gasteiger partial charge in [0.25, 0.3) is 0 Å². The molecule has 42 heavy (non-hydrogen) atoms. The van der Waals surface area contributed by atoms with Gasteiger partial charge >= 0.3 is 0 Å². The van der Waals surface area contributed by atoms with E-state index in [0.717, 1.165) is 0 Å². The third kappa shape index (κ3) is 4.49. The monoisotopic (exact) mass is 552 g/mol. The third-order valence-electron chi connectivity index (χ3n) is 8.80. The zero-order chi connectivity index (χ0) is 29.7. The molecule has 0 bridgehead atoms. The van der Waals surface area contributed by atoms with Crippen molar-refractivity contribution in [1.82, 2.24) is 4.57 Å². The Morgan fingerprint density at radius 2 is 1.05 bits per heavy atom. The Bertz CT molecular complexity index is 1820. The van der Waals surface area contributed by atoms with Crippen LogP contribution in [0.25, 0.3) is 44.6 Å². The van der Waals surface area contributed by atoms with Crippen LogP contribution in [0.5, 0.6) is 0 Å². The minimum atomic E-state index is 0.378. The highest BCUT2D eigenvalue weighted by Gasteiger charge is 2.32. The van der Waals surface area contributed by atoms with E-state index in [1.165, 1.54) is 66.8 Å². The highest BCUT2D eigenvalue weighted by molar-refractivity contribution is 6.09. The smallest absolute Gasteiger partial charge is 0.235 e. The largest absolute Gasteiger partial charge is 0.285 e. The first-order chi connectivity index (χ1) is 20.2. The van der Waals surface area contributed by atoms with Crippen molar-refractivity contribution in [3.63, 3.8) is 0 Å². The minimum absolute atomic E-state index is 0.378. The molecule has 6 rings (SSSR count). The van der Waals surface area contributed by atoms with E-state index in [9.17, 15) is 0 Å². The number of benzene rings is 4. The van der Waals surface area contributed by atoms with Crippen LogP contribution >= 0.6 is 0 Å². The van der Waals surface area contributed by atoms with Crippen molar-refractivity contribution in [2.75, 3.05) is 0 Å². The van der Waals surface area contributed by atoms with E-state index in [2.05, 4.69) is 162 Å². The average molecular weight is 553 g/mol. The zero-order valence-corrected chi connectivity index (χ0v) is 26.4. The molecule has 0 fully saturated rings. The van der Waals surface area contributed by atoms with Crippen molar-refractivity contribution in [3.8, 4) is 22.8 Å². The summed E-state index contributed by atoms with van der Waals surface area (Å²) >= 11 is 0. The summed E-state index contributed by atoms with van der Waals surface area (Å²) in [6, 6.07) is 36.2. The first kappa shape index (κ1) is 28.1. The molecule has 0 aliphatic carbocycles. The number of nitrogens with zero attached hydrogens (tertiary/aromatic N) is 2. The first-order valence-electron chi connectivity index (χ1n) is 15.7. The van der Waals surface area contributed by atoms with Crippen LogP contribution in [0.2, 0.25) is 0 Å². The summed E-state index contributed by atoms with van der Waals surface area (Å²) in [6.07, 6.45) is 0. The van der Waals surface area contributed by atoms with E-state index in [0.29, 0.717) is 23.7 Å². The van der Waals surface area contributed by atoms with Crippen LogP contribution in [0.15, 0.2) is 97.1 Å². The molecule has 1 heterocycles. The molecule has 0 N–H and O–H groups in total. The number of imidazole rings is 1. The number of hydrogen-bond acceptors (Lipinski definition) is 0. The van der Waals surface area contributed by atoms with Crippen LogP contribution < -0.4 is 4.57 Å². The van der Waals surface area contributed by atoms with Crippen LogP contribution in [-0.2, 0) is 0 Å². The SMILES string of the molecule is CC(C)c1cccc(C(C)C)c1-n1c(-c2ccccc2)[n+](-c2c(C(C)C)cccc2C(C)C)[c-]2cc3ccccc3c21. The van der Waals surface area contributed by atoms with Crippen molar-refractivity contribution in [1.29, 1.82) is 0 Å². The van der Waals surface area contributed by atoms with Crippen LogP contribution in [0.3, 0.4) is 0 Å². The fourth-order valence-corrected chi connectivity index (χ4v) is 6.75. The highest BCUT2D eigenvalue weighted by Crippen LogP contribution is 2.41. The maximum atomic E-state index is 2.62. The molecule has 6 aromatic rings. The minimum Gasteiger partial charge on any atom is -0.285 e. The van der Waals surface area contributed by atoms with E-state index in [-0.39, 0.29) is 0 Å². The lowest BCUT2D eigenvalue weighted by atomic mass is 9.92. The van der Waals surface area contributed by atoms with Crippen LogP contribution in [0.1, 0.15) is 101 Å². The highest BCUT2D eigenvalue weighted by atomic mass is 15.2. The van der Waals surface area contributed by atoms with Gasteiger partial charge in [0.1, 0.15) is 11.2 Å². The predicted octanol–water partition coefficient (Wildman–Crippen LogP) is 10.9. The molecule has 214 valence electrons. The maximum Gasteiger partial charge on any atom is 0.235 e. The Balaban J connectivity index is 1.95. The first-order valence-corrected chi connectivity index (χ1v) is 15.7. The molecule has 0 unspecified atom stereocenters. The molecule has 2 nitrogen and oxygen atoms in total. The van der Waals surface area contributed by atoms with E-state index in [1.54, 1.807) is 0 Å². The van der Waals surface area contributed by atoms with Gasteiger partial charge in [0.2, 0.25) is 5.82 Å². The van der Waals surface area contributed by atoms with Crippen LogP contribution in [-0.4, -0.2) is 4.57 Å². The number of fused-ring (bicyclic) bond motifs is 3. The molecule has 0 saturated carbocycles. The Labute approximate surface area is 251 Å².